The van der Waals surface area contributed by atoms with E-state index in [0.29, 0.717) is 30.0 Å². The van der Waals surface area contributed by atoms with Crippen LogP contribution in [0.1, 0.15) is 55.8 Å². The maximum atomic E-state index is 14.1. The average molecular weight is 673 g/mol. The number of imide groups is 2. The summed E-state index contributed by atoms with van der Waals surface area (Å²) >= 11 is 0. The molecular formula is C44H36N2O5. The quantitative estimate of drug-likeness (QED) is 0.182. The highest BCUT2D eigenvalue weighted by atomic mass is 16.5. The Bertz CT molecular complexity index is 2230. The van der Waals surface area contributed by atoms with Crippen LogP contribution in [0, 0.1) is 24.7 Å². The SMILES string of the molecule is C=C/C=C(\CCC1(c2ccc(C)cc2)c2ccccc2C2=CC1C=CC=C2)N1C(=O)c2ccc(OC3=CC4C(=O)N(C)C(=O)C4C=C3)cc2C1=O. The molecule has 7 heteroatoms. The van der Waals surface area contributed by atoms with Gasteiger partial charge in [-0.15, -0.1) is 0 Å². The van der Waals surface area contributed by atoms with Crippen LogP contribution in [-0.4, -0.2) is 40.5 Å². The first-order valence-corrected chi connectivity index (χ1v) is 17.2. The molecule has 2 heterocycles. The number of fused-ring (bicyclic) bond motifs is 5. The first-order chi connectivity index (χ1) is 24.7. The van der Waals surface area contributed by atoms with Crippen molar-refractivity contribution in [1.29, 1.82) is 0 Å². The lowest BCUT2D eigenvalue weighted by atomic mass is 9.59. The molecule has 8 rings (SSSR count). The molecule has 0 aromatic heterocycles. The standard InChI is InChI=1S/C44H36N2O5/c1-4-9-31(22-23-44(29-16-14-27(2)15-17-29)30-11-6-5-10-28(24-30)34-12-7-8-13-39(34)44)46-42(49)36-21-19-33(26-38(36)43(46)50)51-32-18-20-35-37(25-32)41(48)45(3)40(35)47/h4-21,24-26,30,35,37H,1,22-23H2,2-3H3/b31-9+. The molecule has 1 saturated heterocycles. The summed E-state index contributed by atoms with van der Waals surface area (Å²) in [6.45, 7) is 6.01. The Morgan fingerprint density at radius 1 is 0.843 bits per heavy atom. The topological polar surface area (TPSA) is 84.0 Å². The van der Waals surface area contributed by atoms with Crippen LogP contribution in [0.5, 0.6) is 5.75 Å². The van der Waals surface area contributed by atoms with Gasteiger partial charge >= 0.3 is 0 Å². The molecule has 51 heavy (non-hydrogen) atoms. The van der Waals surface area contributed by atoms with Crippen molar-refractivity contribution in [3.05, 3.63) is 179 Å². The van der Waals surface area contributed by atoms with E-state index >= 15 is 0 Å². The summed E-state index contributed by atoms with van der Waals surface area (Å²) in [5.41, 5.74) is 6.51. The van der Waals surface area contributed by atoms with E-state index in [2.05, 4.69) is 92.4 Å². The molecule has 3 aromatic rings. The van der Waals surface area contributed by atoms with Crippen molar-refractivity contribution < 1.29 is 23.9 Å². The summed E-state index contributed by atoms with van der Waals surface area (Å²) in [6.07, 6.45) is 20.3. The zero-order valence-electron chi connectivity index (χ0n) is 28.4. The van der Waals surface area contributed by atoms with Crippen LogP contribution in [0.3, 0.4) is 0 Å². The largest absolute Gasteiger partial charge is 0.458 e. The Morgan fingerprint density at radius 3 is 2.41 bits per heavy atom. The zero-order valence-corrected chi connectivity index (χ0v) is 28.4. The number of rotatable bonds is 8. The molecule has 0 saturated carbocycles. The van der Waals surface area contributed by atoms with E-state index in [4.69, 9.17) is 4.74 Å². The summed E-state index contributed by atoms with van der Waals surface area (Å²) in [7, 11) is 1.48. The summed E-state index contributed by atoms with van der Waals surface area (Å²) in [5.74, 6) is -1.78. The summed E-state index contributed by atoms with van der Waals surface area (Å²) in [6, 6.07) is 22.0. The van der Waals surface area contributed by atoms with Crippen molar-refractivity contribution in [2.45, 2.75) is 25.2 Å². The number of aryl methyl sites for hydroxylation is 1. The van der Waals surface area contributed by atoms with Gasteiger partial charge in [-0.25, -0.2) is 4.90 Å². The molecule has 0 N–H and O–H groups in total. The smallest absolute Gasteiger partial charge is 0.266 e. The third-order valence-electron chi connectivity index (χ3n) is 10.8. The van der Waals surface area contributed by atoms with E-state index in [1.54, 1.807) is 48.6 Å². The second kappa shape index (κ2) is 12.4. The molecule has 3 aromatic carbocycles. The van der Waals surface area contributed by atoms with Gasteiger partial charge in [-0.3, -0.25) is 24.1 Å². The molecule has 1 fully saturated rings. The number of benzene rings is 3. The van der Waals surface area contributed by atoms with E-state index < -0.39 is 29.1 Å². The van der Waals surface area contributed by atoms with Crippen LogP contribution in [-0.2, 0) is 15.0 Å². The van der Waals surface area contributed by atoms with Crippen molar-refractivity contribution >= 4 is 29.2 Å². The second-order valence-electron chi connectivity index (χ2n) is 13.6. The number of hydrogen-bond acceptors (Lipinski definition) is 5. The van der Waals surface area contributed by atoms with Crippen LogP contribution in [0.25, 0.3) is 5.57 Å². The van der Waals surface area contributed by atoms with Gasteiger partial charge in [-0.1, -0.05) is 103 Å². The number of allylic oxidation sites excluding steroid dienone is 10. The molecule has 252 valence electrons. The highest BCUT2D eigenvalue weighted by molar-refractivity contribution is 6.22. The van der Waals surface area contributed by atoms with E-state index in [9.17, 15) is 19.2 Å². The first-order valence-electron chi connectivity index (χ1n) is 17.2. The maximum Gasteiger partial charge on any atom is 0.266 e. The molecule has 4 amide bonds. The Morgan fingerprint density at radius 2 is 1.61 bits per heavy atom. The van der Waals surface area contributed by atoms with Crippen LogP contribution >= 0.6 is 0 Å². The fourth-order valence-corrected chi connectivity index (χ4v) is 8.23. The van der Waals surface area contributed by atoms with Gasteiger partial charge in [-0.2, -0.15) is 0 Å². The molecular weight excluding hydrogens is 636 g/mol. The number of hydrogen-bond donors (Lipinski definition) is 0. The van der Waals surface area contributed by atoms with Gasteiger partial charge in [0.2, 0.25) is 11.8 Å². The highest BCUT2D eigenvalue weighted by Crippen LogP contribution is 2.52. The third kappa shape index (κ3) is 5.11. The minimum absolute atomic E-state index is 0.0310. The van der Waals surface area contributed by atoms with Gasteiger partial charge in [0.15, 0.2) is 0 Å². The number of ether oxygens (including phenoxy) is 1. The minimum Gasteiger partial charge on any atom is -0.458 e. The van der Waals surface area contributed by atoms with Gasteiger partial charge in [0.05, 0.1) is 23.0 Å². The second-order valence-corrected chi connectivity index (χ2v) is 13.6. The van der Waals surface area contributed by atoms with Crippen LogP contribution in [0.2, 0.25) is 0 Å². The fourth-order valence-electron chi connectivity index (χ4n) is 8.23. The number of carbonyl (C=O) groups is 4. The summed E-state index contributed by atoms with van der Waals surface area (Å²) < 4.78 is 6.08. The minimum atomic E-state index is -0.631. The van der Waals surface area contributed by atoms with Crippen LogP contribution in [0.15, 0.2) is 146 Å². The lowest BCUT2D eigenvalue weighted by Gasteiger charge is -2.44. The lowest BCUT2D eigenvalue weighted by molar-refractivity contribution is -0.137. The molecule has 7 nitrogen and oxygen atoms in total. The predicted octanol–water partition coefficient (Wildman–Crippen LogP) is 7.63. The van der Waals surface area contributed by atoms with Crippen molar-refractivity contribution in [2.75, 3.05) is 7.05 Å². The Labute approximate surface area is 296 Å². The van der Waals surface area contributed by atoms with E-state index in [-0.39, 0.29) is 28.9 Å². The van der Waals surface area contributed by atoms with Gasteiger partial charge in [-0.05, 0) is 78.5 Å². The molecule has 5 aliphatic rings. The Balaban J connectivity index is 1.10. The Hall–Kier alpha value is -6.08. The van der Waals surface area contributed by atoms with Crippen molar-refractivity contribution in [2.24, 2.45) is 17.8 Å². The summed E-state index contributed by atoms with van der Waals surface area (Å²) in [5, 5.41) is 0. The monoisotopic (exact) mass is 672 g/mol. The number of nitrogens with zero attached hydrogens (tertiary/aromatic N) is 2. The van der Waals surface area contributed by atoms with Crippen LogP contribution in [0.4, 0.5) is 0 Å². The third-order valence-corrected chi connectivity index (χ3v) is 10.8. The molecule has 4 atom stereocenters. The summed E-state index contributed by atoms with van der Waals surface area (Å²) in [4.78, 5) is 55.5. The molecule has 2 bridgehead atoms. The van der Waals surface area contributed by atoms with Gasteiger partial charge in [0.1, 0.15) is 11.5 Å². The average Bonchev–Trinajstić information content (AvgIpc) is 3.37. The molecule has 0 spiro atoms. The normalized spacial score (nSPS) is 24.6. The van der Waals surface area contributed by atoms with Crippen molar-refractivity contribution in [1.82, 2.24) is 9.80 Å². The van der Waals surface area contributed by atoms with Crippen LogP contribution < -0.4 is 4.74 Å². The first kappa shape index (κ1) is 32.1. The number of carbonyl (C=O) groups excluding carboxylic acids is 4. The molecule has 4 unspecified atom stereocenters. The zero-order chi connectivity index (χ0) is 35.4. The lowest BCUT2D eigenvalue weighted by Crippen LogP contribution is -2.39. The van der Waals surface area contributed by atoms with Crippen molar-refractivity contribution in [3.8, 4) is 5.75 Å². The molecule has 2 aliphatic heterocycles. The maximum absolute atomic E-state index is 14.1. The van der Waals surface area contributed by atoms with Gasteiger partial charge in [0.25, 0.3) is 11.8 Å². The molecule has 0 radical (unpaired) electrons. The number of amides is 4. The Kier molecular flexibility index (Phi) is 7.79. The number of likely N-dealkylation sites (tertiary alicyclic amines) is 1. The van der Waals surface area contributed by atoms with E-state index in [1.165, 1.54) is 39.8 Å². The van der Waals surface area contributed by atoms with E-state index in [0.717, 1.165) is 4.90 Å². The molecule has 3 aliphatic carbocycles. The van der Waals surface area contributed by atoms with E-state index in [1.807, 2.05) is 0 Å². The van der Waals surface area contributed by atoms with Gasteiger partial charge in [0, 0.05) is 24.1 Å². The highest BCUT2D eigenvalue weighted by Gasteiger charge is 2.47. The fraction of sp³-hybridized carbons (Fsp3) is 0.182. The van der Waals surface area contributed by atoms with Crippen molar-refractivity contribution in [3.63, 3.8) is 0 Å². The predicted molar refractivity (Wildman–Crippen MR) is 195 cm³/mol. The van der Waals surface area contributed by atoms with Gasteiger partial charge < -0.3 is 4.74 Å².